The lowest BCUT2D eigenvalue weighted by atomic mass is 10.0. The summed E-state index contributed by atoms with van der Waals surface area (Å²) in [5.41, 5.74) is 7.60. The van der Waals surface area contributed by atoms with E-state index in [2.05, 4.69) is 6.07 Å². The Morgan fingerprint density at radius 2 is 2.08 bits per heavy atom. The number of rotatable bonds is 1. The van der Waals surface area contributed by atoms with Gasteiger partial charge in [0.25, 0.3) is 0 Å². The summed E-state index contributed by atoms with van der Waals surface area (Å²) >= 11 is 0. The fourth-order valence-electron chi connectivity index (χ4n) is 1.49. The Morgan fingerprint density at radius 1 is 1.42 bits per heavy atom. The standard InChI is InChI=1S/C10H10N2/c11-6-7-3-1-2-4-8(7)9-5-10(9)12/h1-4,9-10H,5,12H2/t9-,10-/m1/s1. The largest absolute Gasteiger partial charge is 0.327 e. The predicted molar refractivity (Wildman–Crippen MR) is 46.5 cm³/mol. The molecule has 2 nitrogen and oxygen atoms in total. The second-order valence-corrected chi connectivity index (χ2v) is 3.21. The maximum atomic E-state index is 8.79. The normalized spacial score (nSPS) is 26.3. The Hall–Kier alpha value is -1.33. The average Bonchev–Trinajstić information content (AvgIpc) is 2.83. The lowest BCUT2D eigenvalue weighted by molar-refractivity contribution is 0.987. The number of benzene rings is 1. The minimum Gasteiger partial charge on any atom is -0.327 e. The van der Waals surface area contributed by atoms with Gasteiger partial charge in [-0.1, -0.05) is 18.2 Å². The first kappa shape index (κ1) is 7.33. The van der Waals surface area contributed by atoms with Crippen molar-refractivity contribution >= 4 is 0 Å². The summed E-state index contributed by atoms with van der Waals surface area (Å²) in [6.45, 7) is 0. The first-order chi connectivity index (χ1) is 5.83. The van der Waals surface area contributed by atoms with Gasteiger partial charge in [0, 0.05) is 12.0 Å². The van der Waals surface area contributed by atoms with E-state index in [1.165, 1.54) is 0 Å². The number of nitrogens with zero attached hydrogens (tertiary/aromatic N) is 1. The highest BCUT2D eigenvalue weighted by atomic mass is 14.7. The molecule has 1 aliphatic carbocycles. The molecule has 2 N–H and O–H groups in total. The van der Waals surface area contributed by atoms with E-state index in [1.54, 1.807) is 0 Å². The van der Waals surface area contributed by atoms with Crippen molar-refractivity contribution in [2.45, 2.75) is 18.4 Å². The van der Waals surface area contributed by atoms with Gasteiger partial charge < -0.3 is 5.73 Å². The first-order valence-corrected chi connectivity index (χ1v) is 4.07. The molecule has 60 valence electrons. The van der Waals surface area contributed by atoms with E-state index in [-0.39, 0.29) is 6.04 Å². The quantitative estimate of drug-likeness (QED) is 0.671. The van der Waals surface area contributed by atoms with Gasteiger partial charge in [-0.2, -0.15) is 5.26 Å². The van der Waals surface area contributed by atoms with E-state index < -0.39 is 0 Å². The van der Waals surface area contributed by atoms with Gasteiger partial charge in [-0.15, -0.1) is 0 Å². The molecule has 1 aromatic rings. The number of hydrogen-bond donors (Lipinski definition) is 1. The van der Waals surface area contributed by atoms with Gasteiger partial charge in [-0.05, 0) is 18.1 Å². The van der Waals surface area contributed by atoms with Crippen molar-refractivity contribution in [2.24, 2.45) is 5.73 Å². The van der Waals surface area contributed by atoms with Crippen LogP contribution in [0, 0.1) is 11.3 Å². The fraction of sp³-hybridized carbons (Fsp3) is 0.300. The molecular weight excluding hydrogens is 148 g/mol. The van der Waals surface area contributed by atoms with Gasteiger partial charge in [0.15, 0.2) is 0 Å². The fourth-order valence-corrected chi connectivity index (χ4v) is 1.49. The van der Waals surface area contributed by atoms with Crippen LogP contribution in [-0.2, 0) is 0 Å². The van der Waals surface area contributed by atoms with Crippen LogP contribution in [0.4, 0.5) is 0 Å². The maximum absolute atomic E-state index is 8.79. The Labute approximate surface area is 71.6 Å². The van der Waals surface area contributed by atoms with E-state index in [0.717, 1.165) is 17.5 Å². The van der Waals surface area contributed by atoms with E-state index in [0.29, 0.717) is 5.92 Å². The summed E-state index contributed by atoms with van der Waals surface area (Å²) in [7, 11) is 0. The summed E-state index contributed by atoms with van der Waals surface area (Å²) in [6.07, 6.45) is 1.03. The Bertz CT molecular complexity index is 338. The zero-order valence-corrected chi connectivity index (χ0v) is 6.70. The van der Waals surface area contributed by atoms with Crippen LogP contribution < -0.4 is 5.73 Å². The molecule has 2 rings (SSSR count). The van der Waals surface area contributed by atoms with Crippen LogP contribution in [0.3, 0.4) is 0 Å². The Morgan fingerprint density at radius 3 is 2.67 bits per heavy atom. The van der Waals surface area contributed by atoms with Crippen LogP contribution in [0.1, 0.15) is 23.5 Å². The molecule has 1 aromatic carbocycles. The third-order valence-corrected chi connectivity index (χ3v) is 2.32. The topological polar surface area (TPSA) is 49.8 Å². The number of nitriles is 1. The molecule has 0 spiro atoms. The van der Waals surface area contributed by atoms with E-state index in [4.69, 9.17) is 11.0 Å². The van der Waals surface area contributed by atoms with Crippen molar-refractivity contribution in [3.63, 3.8) is 0 Å². The highest BCUT2D eigenvalue weighted by molar-refractivity contribution is 5.42. The van der Waals surface area contributed by atoms with Gasteiger partial charge in [0.05, 0.1) is 11.6 Å². The van der Waals surface area contributed by atoms with Gasteiger partial charge in [-0.3, -0.25) is 0 Å². The minimum atomic E-state index is 0.277. The second-order valence-electron chi connectivity index (χ2n) is 3.21. The lowest BCUT2D eigenvalue weighted by Gasteiger charge is -1.99. The molecule has 0 aliphatic heterocycles. The van der Waals surface area contributed by atoms with Crippen LogP contribution in [0.25, 0.3) is 0 Å². The molecule has 0 saturated heterocycles. The molecule has 0 unspecified atom stereocenters. The third-order valence-electron chi connectivity index (χ3n) is 2.32. The molecule has 1 aliphatic rings. The molecule has 2 atom stereocenters. The molecule has 1 saturated carbocycles. The predicted octanol–water partition coefficient (Wildman–Crippen LogP) is 1.37. The summed E-state index contributed by atoms with van der Waals surface area (Å²) < 4.78 is 0. The first-order valence-electron chi connectivity index (χ1n) is 4.07. The monoisotopic (exact) mass is 158 g/mol. The van der Waals surface area contributed by atoms with Crippen LogP contribution in [0.5, 0.6) is 0 Å². The van der Waals surface area contributed by atoms with Gasteiger partial charge >= 0.3 is 0 Å². The molecule has 12 heavy (non-hydrogen) atoms. The van der Waals surface area contributed by atoms with Gasteiger partial charge in [0.2, 0.25) is 0 Å². The second kappa shape index (κ2) is 2.62. The molecule has 0 amide bonds. The minimum absolute atomic E-state index is 0.277. The third kappa shape index (κ3) is 1.09. The van der Waals surface area contributed by atoms with Crippen molar-refractivity contribution in [1.29, 1.82) is 5.26 Å². The molecule has 2 heteroatoms. The SMILES string of the molecule is N#Cc1ccccc1[C@H]1C[C@H]1N. The average molecular weight is 158 g/mol. The van der Waals surface area contributed by atoms with E-state index in [9.17, 15) is 0 Å². The van der Waals surface area contributed by atoms with Crippen LogP contribution >= 0.6 is 0 Å². The molecule has 0 bridgehead atoms. The highest BCUT2D eigenvalue weighted by Crippen LogP contribution is 2.40. The van der Waals surface area contributed by atoms with Crippen LogP contribution in [-0.4, -0.2) is 6.04 Å². The zero-order chi connectivity index (χ0) is 8.55. The van der Waals surface area contributed by atoms with Crippen LogP contribution in [0.2, 0.25) is 0 Å². The molecule has 0 aromatic heterocycles. The van der Waals surface area contributed by atoms with E-state index >= 15 is 0 Å². The summed E-state index contributed by atoms with van der Waals surface area (Å²) in [5.74, 6) is 0.431. The summed E-state index contributed by atoms with van der Waals surface area (Å²) in [4.78, 5) is 0. The summed E-state index contributed by atoms with van der Waals surface area (Å²) in [5, 5.41) is 8.79. The maximum Gasteiger partial charge on any atom is 0.0994 e. The highest BCUT2D eigenvalue weighted by Gasteiger charge is 2.36. The smallest absolute Gasteiger partial charge is 0.0994 e. The van der Waals surface area contributed by atoms with Gasteiger partial charge in [0.1, 0.15) is 0 Å². The summed E-state index contributed by atoms with van der Waals surface area (Å²) in [6, 6.07) is 10.1. The molecule has 0 radical (unpaired) electrons. The molecule has 0 heterocycles. The van der Waals surface area contributed by atoms with Crippen molar-refractivity contribution in [3.05, 3.63) is 35.4 Å². The Balaban J connectivity index is 2.38. The zero-order valence-electron chi connectivity index (χ0n) is 6.70. The molecular formula is C10H10N2. The molecule has 1 fully saturated rings. The number of hydrogen-bond acceptors (Lipinski definition) is 2. The van der Waals surface area contributed by atoms with E-state index in [1.807, 2.05) is 24.3 Å². The van der Waals surface area contributed by atoms with Crippen molar-refractivity contribution in [3.8, 4) is 6.07 Å². The van der Waals surface area contributed by atoms with Gasteiger partial charge in [-0.25, -0.2) is 0 Å². The van der Waals surface area contributed by atoms with Crippen molar-refractivity contribution in [2.75, 3.05) is 0 Å². The number of nitrogens with two attached hydrogens (primary N) is 1. The van der Waals surface area contributed by atoms with Crippen LogP contribution in [0.15, 0.2) is 24.3 Å². The van der Waals surface area contributed by atoms with Crippen molar-refractivity contribution in [1.82, 2.24) is 0 Å². The van der Waals surface area contributed by atoms with Crippen molar-refractivity contribution < 1.29 is 0 Å². The Kier molecular flexibility index (Phi) is 1.60. The lowest BCUT2D eigenvalue weighted by Crippen LogP contribution is -2.01.